The minimum Gasteiger partial charge on any atom is -0.480 e. The van der Waals surface area contributed by atoms with Crippen LogP contribution >= 0.6 is 0 Å². The van der Waals surface area contributed by atoms with E-state index in [9.17, 15) is 0 Å². The van der Waals surface area contributed by atoms with Crippen LogP contribution in [0.1, 0.15) is 23.4 Å². The van der Waals surface area contributed by atoms with Crippen molar-refractivity contribution in [3.05, 3.63) is 47.7 Å². The molecular weight excluding hydrogens is 288 g/mol. The number of para-hydroxylation sites is 2. The Morgan fingerprint density at radius 2 is 1.27 bits per heavy atom. The lowest BCUT2D eigenvalue weighted by Crippen LogP contribution is -2.01. The highest BCUT2D eigenvalue weighted by atomic mass is 16.5. The van der Waals surface area contributed by atoms with E-state index in [4.69, 9.17) is 18.5 Å². The van der Waals surface area contributed by atoms with Crippen molar-refractivity contribution in [3.8, 4) is 11.5 Å². The van der Waals surface area contributed by atoms with Gasteiger partial charge in [0.2, 0.25) is 0 Å². The second kappa shape index (κ2) is 6.25. The Morgan fingerprint density at radius 1 is 0.818 bits per heavy atom. The standard InChI is InChI=1S/C14H14N4O4/c1-9-15-13(21-17-9)7-19-11-5-3-4-6-12(11)20-8-14-16-10(2)18-22-14/h3-6H,7-8H2,1-2H3. The van der Waals surface area contributed by atoms with Gasteiger partial charge < -0.3 is 18.5 Å². The molecule has 0 spiro atoms. The first kappa shape index (κ1) is 14.1. The third-order valence-corrected chi connectivity index (χ3v) is 2.69. The Hall–Kier alpha value is -2.90. The van der Waals surface area contributed by atoms with Gasteiger partial charge in [-0.25, -0.2) is 0 Å². The van der Waals surface area contributed by atoms with Crippen LogP contribution in [0.25, 0.3) is 0 Å². The number of rotatable bonds is 6. The number of benzene rings is 1. The number of hydrogen-bond donors (Lipinski definition) is 0. The summed E-state index contributed by atoms with van der Waals surface area (Å²) in [6.07, 6.45) is 0. The first-order valence-corrected chi connectivity index (χ1v) is 6.64. The quantitative estimate of drug-likeness (QED) is 0.684. The predicted octanol–water partition coefficient (Wildman–Crippen LogP) is 2.23. The molecule has 2 aromatic heterocycles. The van der Waals surface area contributed by atoms with Crippen LogP contribution in [0.2, 0.25) is 0 Å². The molecule has 8 heteroatoms. The molecule has 0 amide bonds. The maximum absolute atomic E-state index is 5.64. The van der Waals surface area contributed by atoms with E-state index in [0.717, 1.165) is 0 Å². The molecule has 0 fully saturated rings. The monoisotopic (exact) mass is 302 g/mol. The summed E-state index contributed by atoms with van der Waals surface area (Å²) in [4.78, 5) is 8.15. The highest BCUT2D eigenvalue weighted by Crippen LogP contribution is 2.27. The molecule has 2 heterocycles. The van der Waals surface area contributed by atoms with Gasteiger partial charge in [0, 0.05) is 0 Å². The third kappa shape index (κ3) is 3.40. The molecule has 0 aliphatic carbocycles. The Labute approximate surface area is 126 Å². The lowest BCUT2D eigenvalue weighted by molar-refractivity contribution is 0.208. The fourth-order valence-corrected chi connectivity index (χ4v) is 1.76. The van der Waals surface area contributed by atoms with Crippen molar-refractivity contribution in [1.29, 1.82) is 0 Å². The Balaban J connectivity index is 1.64. The van der Waals surface area contributed by atoms with Crippen LogP contribution in [0.15, 0.2) is 33.3 Å². The Kier molecular flexibility index (Phi) is 3.99. The molecule has 8 nitrogen and oxygen atoms in total. The second-order valence-electron chi connectivity index (χ2n) is 4.49. The number of nitrogens with zero attached hydrogens (tertiary/aromatic N) is 4. The van der Waals surface area contributed by atoms with Crippen LogP contribution in [0.4, 0.5) is 0 Å². The zero-order chi connectivity index (χ0) is 15.4. The summed E-state index contributed by atoms with van der Waals surface area (Å²) >= 11 is 0. The van der Waals surface area contributed by atoms with E-state index in [-0.39, 0.29) is 13.2 Å². The number of ether oxygens (including phenoxy) is 2. The van der Waals surface area contributed by atoms with Crippen molar-refractivity contribution in [2.24, 2.45) is 0 Å². The summed E-state index contributed by atoms with van der Waals surface area (Å²) in [7, 11) is 0. The SMILES string of the molecule is Cc1noc(COc2ccccc2OCc2nc(C)no2)n1. The van der Waals surface area contributed by atoms with E-state index < -0.39 is 0 Å². The van der Waals surface area contributed by atoms with Crippen LogP contribution in [0, 0.1) is 13.8 Å². The van der Waals surface area contributed by atoms with E-state index in [1.807, 2.05) is 12.1 Å². The zero-order valence-electron chi connectivity index (χ0n) is 12.1. The highest BCUT2D eigenvalue weighted by Gasteiger charge is 2.10. The van der Waals surface area contributed by atoms with E-state index in [1.165, 1.54) is 0 Å². The van der Waals surface area contributed by atoms with Gasteiger partial charge in [0.15, 0.2) is 36.4 Å². The van der Waals surface area contributed by atoms with Crippen LogP contribution in [-0.4, -0.2) is 20.3 Å². The summed E-state index contributed by atoms with van der Waals surface area (Å²) in [6.45, 7) is 3.83. The van der Waals surface area contributed by atoms with Gasteiger partial charge in [-0.2, -0.15) is 9.97 Å². The molecule has 22 heavy (non-hydrogen) atoms. The molecule has 3 aromatic rings. The fraction of sp³-hybridized carbons (Fsp3) is 0.286. The lowest BCUT2D eigenvalue weighted by Gasteiger charge is -2.10. The molecule has 0 atom stereocenters. The topological polar surface area (TPSA) is 96.3 Å². The molecule has 0 aliphatic heterocycles. The van der Waals surface area contributed by atoms with E-state index in [1.54, 1.807) is 26.0 Å². The largest absolute Gasteiger partial charge is 0.480 e. The van der Waals surface area contributed by atoms with Crippen molar-refractivity contribution in [3.63, 3.8) is 0 Å². The van der Waals surface area contributed by atoms with Crippen LogP contribution < -0.4 is 9.47 Å². The van der Waals surface area contributed by atoms with Gasteiger partial charge in [-0.15, -0.1) is 0 Å². The summed E-state index contributed by atoms with van der Waals surface area (Å²) < 4.78 is 21.3. The van der Waals surface area contributed by atoms with Crippen LogP contribution in [-0.2, 0) is 13.2 Å². The summed E-state index contributed by atoms with van der Waals surface area (Å²) in [5.74, 6) is 3.06. The normalized spacial score (nSPS) is 10.6. The molecule has 0 N–H and O–H groups in total. The second-order valence-corrected chi connectivity index (χ2v) is 4.49. The average molecular weight is 302 g/mol. The Morgan fingerprint density at radius 3 is 1.64 bits per heavy atom. The number of aryl methyl sites for hydroxylation is 2. The molecule has 0 unspecified atom stereocenters. The van der Waals surface area contributed by atoms with Gasteiger partial charge in [-0.05, 0) is 26.0 Å². The maximum atomic E-state index is 5.64. The van der Waals surface area contributed by atoms with Crippen molar-refractivity contribution < 1.29 is 18.5 Å². The van der Waals surface area contributed by atoms with Gasteiger partial charge >= 0.3 is 0 Å². The molecule has 0 bridgehead atoms. The van der Waals surface area contributed by atoms with Gasteiger partial charge in [0.25, 0.3) is 11.8 Å². The molecular formula is C14H14N4O4. The smallest absolute Gasteiger partial charge is 0.264 e. The minimum atomic E-state index is 0.168. The molecule has 0 saturated heterocycles. The van der Waals surface area contributed by atoms with Gasteiger partial charge in [-0.3, -0.25) is 0 Å². The van der Waals surface area contributed by atoms with Gasteiger partial charge in [-0.1, -0.05) is 22.4 Å². The minimum absolute atomic E-state index is 0.168. The maximum Gasteiger partial charge on any atom is 0.264 e. The van der Waals surface area contributed by atoms with Crippen LogP contribution in [0.3, 0.4) is 0 Å². The van der Waals surface area contributed by atoms with Crippen molar-refractivity contribution in [2.75, 3.05) is 0 Å². The van der Waals surface area contributed by atoms with Crippen LogP contribution in [0.5, 0.6) is 11.5 Å². The molecule has 0 saturated carbocycles. The number of aromatic nitrogens is 4. The highest BCUT2D eigenvalue weighted by molar-refractivity contribution is 5.39. The average Bonchev–Trinajstić information content (AvgIpc) is 3.12. The third-order valence-electron chi connectivity index (χ3n) is 2.69. The summed E-state index contributed by atoms with van der Waals surface area (Å²) in [6, 6.07) is 7.27. The molecule has 3 rings (SSSR count). The molecule has 0 aliphatic rings. The zero-order valence-corrected chi connectivity index (χ0v) is 12.1. The fourth-order valence-electron chi connectivity index (χ4n) is 1.76. The molecule has 1 aromatic carbocycles. The Bertz CT molecular complexity index is 689. The first-order chi connectivity index (χ1) is 10.7. The first-order valence-electron chi connectivity index (χ1n) is 6.64. The molecule has 114 valence electrons. The van der Waals surface area contributed by atoms with Crippen molar-refractivity contribution >= 4 is 0 Å². The van der Waals surface area contributed by atoms with E-state index in [2.05, 4.69) is 20.3 Å². The van der Waals surface area contributed by atoms with Crippen molar-refractivity contribution in [1.82, 2.24) is 20.3 Å². The van der Waals surface area contributed by atoms with E-state index in [0.29, 0.717) is 34.9 Å². The lowest BCUT2D eigenvalue weighted by atomic mass is 10.3. The van der Waals surface area contributed by atoms with Gasteiger partial charge in [0.1, 0.15) is 0 Å². The van der Waals surface area contributed by atoms with Crippen molar-refractivity contribution in [2.45, 2.75) is 27.1 Å². The molecule has 0 radical (unpaired) electrons. The summed E-state index contributed by atoms with van der Waals surface area (Å²) in [5, 5.41) is 7.41. The van der Waals surface area contributed by atoms with E-state index >= 15 is 0 Å². The van der Waals surface area contributed by atoms with Gasteiger partial charge in [0.05, 0.1) is 0 Å². The number of hydrogen-bond acceptors (Lipinski definition) is 8. The predicted molar refractivity (Wildman–Crippen MR) is 73.2 cm³/mol. The summed E-state index contributed by atoms with van der Waals surface area (Å²) in [5.41, 5.74) is 0.